The average Bonchev–Trinajstić information content (AvgIpc) is 2.61. The molecule has 0 N–H and O–H groups in total. The molecule has 2 heterocycles. The molecular formula is C18H17N5O. The minimum absolute atomic E-state index is 0.111. The van der Waals surface area contributed by atoms with Crippen molar-refractivity contribution in [3.05, 3.63) is 65.7 Å². The monoisotopic (exact) mass is 319 g/mol. The highest BCUT2D eigenvalue weighted by Crippen LogP contribution is 2.21. The van der Waals surface area contributed by atoms with Gasteiger partial charge in [-0.3, -0.25) is 9.78 Å². The molecule has 0 amide bonds. The van der Waals surface area contributed by atoms with Crippen molar-refractivity contribution >= 4 is 11.7 Å². The Morgan fingerprint density at radius 1 is 1.00 bits per heavy atom. The van der Waals surface area contributed by atoms with Gasteiger partial charge in [-0.25, -0.2) is 4.98 Å². The van der Waals surface area contributed by atoms with E-state index in [4.69, 9.17) is 0 Å². The molecule has 0 spiro atoms. The Hall–Kier alpha value is -3.15. The quantitative estimate of drug-likeness (QED) is 0.688. The molecule has 24 heavy (non-hydrogen) atoms. The minimum atomic E-state index is -0.275. The van der Waals surface area contributed by atoms with Crippen LogP contribution in [0.1, 0.15) is 21.7 Å². The number of ketones is 1. The lowest BCUT2D eigenvalue weighted by Gasteiger charge is -2.13. The zero-order chi connectivity index (χ0) is 17.1. The number of anilines is 1. The van der Waals surface area contributed by atoms with Crippen molar-refractivity contribution in [2.45, 2.75) is 6.92 Å². The number of carbonyl (C=O) groups is 1. The number of carbonyl (C=O) groups excluding carboxylic acids is 1. The van der Waals surface area contributed by atoms with Crippen molar-refractivity contribution < 1.29 is 4.79 Å². The summed E-state index contributed by atoms with van der Waals surface area (Å²) in [7, 11) is 3.66. The Morgan fingerprint density at radius 3 is 2.46 bits per heavy atom. The summed E-state index contributed by atoms with van der Waals surface area (Å²) in [6.07, 6.45) is 3.13. The first-order valence-corrected chi connectivity index (χ1v) is 7.50. The van der Waals surface area contributed by atoms with Crippen molar-refractivity contribution in [2.24, 2.45) is 0 Å². The van der Waals surface area contributed by atoms with Gasteiger partial charge in [0.25, 0.3) is 0 Å². The number of benzene rings is 1. The first kappa shape index (κ1) is 15.7. The van der Waals surface area contributed by atoms with Crippen LogP contribution in [0.5, 0.6) is 0 Å². The van der Waals surface area contributed by atoms with Gasteiger partial charge in [0.15, 0.2) is 5.82 Å². The molecule has 0 aliphatic rings. The molecule has 0 saturated carbocycles. The lowest BCUT2D eigenvalue weighted by molar-refractivity contribution is 0.102. The highest BCUT2D eigenvalue weighted by molar-refractivity contribution is 6.06. The summed E-state index contributed by atoms with van der Waals surface area (Å²) >= 11 is 0. The number of pyridine rings is 1. The second kappa shape index (κ2) is 6.54. The van der Waals surface area contributed by atoms with E-state index in [1.54, 1.807) is 23.2 Å². The maximum Gasteiger partial charge on any atom is 0.231 e. The Balaban J connectivity index is 2.14. The third-order valence-corrected chi connectivity index (χ3v) is 3.54. The average molecular weight is 319 g/mol. The Kier molecular flexibility index (Phi) is 4.29. The van der Waals surface area contributed by atoms with Crippen molar-refractivity contribution in [2.75, 3.05) is 19.0 Å². The van der Waals surface area contributed by atoms with E-state index in [0.29, 0.717) is 17.3 Å². The van der Waals surface area contributed by atoms with Crippen LogP contribution in [0, 0.1) is 6.92 Å². The van der Waals surface area contributed by atoms with Gasteiger partial charge in [0, 0.05) is 37.6 Å². The molecule has 0 unspecified atom stereocenters. The molecule has 120 valence electrons. The SMILES string of the molecule is Cc1ccccc1-c1nc(C(=O)c2cccnc2)nc(N(C)C)n1. The van der Waals surface area contributed by atoms with Gasteiger partial charge in [0.1, 0.15) is 0 Å². The molecule has 0 atom stereocenters. The highest BCUT2D eigenvalue weighted by atomic mass is 16.1. The molecule has 0 bridgehead atoms. The number of aromatic nitrogens is 4. The summed E-state index contributed by atoms with van der Waals surface area (Å²) in [5, 5.41) is 0. The fourth-order valence-electron chi connectivity index (χ4n) is 2.24. The van der Waals surface area contributed by atoms with Crippen molar-refractivity contribution in [1.29, 1.82) is 0 Å². The van der Waals surface area contributed by atoms with Crippen LogP contribution in [0.4, 0.5) is 5.95 Å². The summed E-state index contributed by atoms with van der Waals surface area (Å²) < 4.78 is 0. The zero-order valence-corrected chi connectivity index (χ0v) is 13.8. The Bertz CT molecular complexity index is 878. The van der Waals surface area contributed by atoms with Crippen molar-refractivity contribution in [1.82, 2.24) is 19.9 Å². The first-order chi connectivity index (χ1) is 11.6. The number of aryl methyl sites for hydroxylation is 1. The van der Waals surface area contributed by atoms with Crippen molar-refractivity contribution in [3.63, 3.8) is 0 Å². The predicted octanol–water partition coefficient (Wildman–Crippen LogP) is 2.54. The Morgan fingerprint density at radius 2 is 1.79 bits per heavy atom. The molecular weight excluding hydrogens is 302 g/mol. The molecule has 3 rings (SSSR count). The summed E-state index contributed by atoms with van der Waals surface area (Å²) in [4.78, 5) is 31.6. The van der Waals surface area contributed by atoms with Crippen LogP contribution in [0.2, 0.25) is 0 Å². The van der Waals surface area contributed by atoms with Gasteiger partial charge < -0.3 is 4.90 Å². The number of nitrogens with zero attached hydrogens (tertiary/aromatic N) is 5. The molecule has 6 heteroatoms. The molecule has 0 saturated heterocycles. The van der Waals surface area contributed by atoms with Gasteiger partial charge in [-0.1, -0.05) is 24.3 Å². The second-order valence-corrected chi connectivity index (χ2v) is 5.56. The van der Waals surface area contributed by atoms with Crippen LogP contribution in [0.3, 0.4) is 0 Å². The lowest BCUT2D eigenvalue weighted by atomic mass is 10.1. The maximum absolute atomic E-state index is 12.7. The molecule has 0 radical (unpaired) electrons. The minimum Gasteiger partial charge on any atom is -0.347 e. The summed E-state index contributed by atoms with van der Waals surface area (Å²) in [6.45, 7) is 1.98. The molecule has 2 aromatic heterocycles. The van der Waals surface area contributed by atoms with Gasteiger partial charge in [0.05, 0.1) is 0 Å². The largest absolute Gasteiger partial charge is 0.347 e. The lowest BCUT2D eigenvalue weighted by Crippen LogP contribution is -2.18. The standard InChI is InChI=1S/C18H17N5O/c1-12-7-4-5-9-14(12)16-20-17(22-18(21-16)23(2)3)15(24)13-8-6-10-19-11-13/h4-11H,1-3H3. The Labute approximate surface area is 140 Å². The van der Waals surface area contributed by atoms with Crippen molar-refractivity contribution in [3.8, 4) is 11.4 Å². The van der Waals surface area contributed by atoms with E-state index in [1.807, 2.05) is 45.3 Å². The molecule has 6 nitrogen and oxygen atoms in total. The van der Waals surface area contributed by atoms with Gasteiger partial charge in [0.2, 0.25) is 17.6 Å². The topological polar surface area (TPSA) is 71.9 Å². The zero-order valence-electron chi connectivity index (χ0n) is 13.8. The molecule has 1 aromatic carbocycles. The van der Waals surface area contributed by atoms with E-state index in [0.717, 1.165) is 11.1 Å². The fourth-order valence-corrected chi connectivity index (χ4v) is 2.24. The van der Waals surface area contributed by atoms with Gasteiger partial charge in [-0.2, -0.15) is 9.97 Å². The number of hydrogen-bond acceptors (Lipinski definition) is 6. The maximum atomic E-state index is 12.7. The number of rotatable bonds is 4. The summed E-state index contributed by atoms with van der Waals surface area (Å²) in [5.41, 5.74) is 2.36. The van der Waals surface area contributed by atoms with Crippen LogP contribution in [-0.2, 0) is 0 Å². The number of hydrogen-bond donors (Lipinski definition) is 0. The molecule has 0 aliphatic carbocycles. The molecule has 3 aromatic rings. The van der Waals surface area contributed by atoms with Gasteiger partial charge in [-0.05, 0) is 24.6 Å². The highest BCUT2D eigenvalue weighted by Gasteiger charge is 2.18. The normalized spacial score (nSPS) is 10.5. The summed E-state index contributed by atoms with van der Waals surface area (Å²) in [5.74, 6) is 0.762. The summed E-state index contributed by atoms with van der Waals surface area (Å²) in [6, 6.07) is 11.2. The van der Waals surface area contributed by atoms with Crippen LogP contribution in [0.25, 0.3) is 11.4 Å². The third-order valence-electron chi connectivity index (χ3n) is 3.54. The van der Waals surface area contributed by atoms with E-state index >= 15 is 0 Å². The van der Waals surface area contributed by atoms with Crippen LogP contribution < -0.4 is 4.90 Å². The van der Waals surface area contributed by atoms with E-state index < -0.39 is 0 Å². The fraction of sp³-hybridized carbons (Fsp3) is 0.167. The second-order valence-electron chi connectivity index (χ2n) is 5.56. The molecule has 0 aliphatic heterocycles. The van der Waals surface area contributed by atoms with Gasteiger partial charge >= 0.3 is 0 Å². The smallest absolute Gasteiger partial charge is 0.231 e. The van der Waals surface area contributed by atoms with Gasteiger partial charge in [-0.15, -0.1) is 0 Å². The van der Waals surface area contributed by atoms with Crippen LogP contribution in [0.15, 0.2) is 48.8 Å². The van der Waals surface area contributed by atoms with Crippen LogP contribution >= 0.6 is 0 Å². The molecule has 0 fully saturated rings. The third kappa shape index (κ3) is 3.12. The van der Waals surface area contributed by atoms with E-state index in [9.17, 15) is 4.79 Å². The predicted molar refractivity (Wildman–Crippen MR) is 92.0 cm³/mol. The van der Waals surface area contributed by atoms with E-state index in [2.05, 4.69) is 19.9 Å². The van der Waals surface area contributed by atoms with E-state index in [-0.39, 0.29) is 11.6 Å². The van der Waals surface area contributed by atoms with Crippen LogP contribution in [-0.4, -0.2) is 39.8 Å². The van der Waals surface area contributed by atoms with E-state index in [1.165, 1.54) is 6.20 Å². The first-order valence-electron chi connectivity index (χ1n) is 7.50.